The SMILES string of the molecule is CCn1c(SCC(=O)NC(C)CCC(C)C)nc2cc(S(=O)(=O)N3CCOCC3)ccc21. The van der Waals surface area contributed by atoms with Gasteiger partial charge < -0.3 is 14.6 Å². The number of nitrogens with one attached hydrogen (secondary N) is 1. The first-order valence-corrected chi connectivity index (χ1v) is 13.6. The second-order valence-electron chi connectivity index (χ2n) is 8.53. The Hall–Kier alpha value is -1.62. The molecule has 2 aromatic rings. The second-order valence-corrected chi connectivity index (χ2v) is 11.4. The Bertz CT molecular complexity index is 1030. The van der Waals surface area contributed by atoms with Crippen molar-refractivity contribution in [3.05, 3.63) is 18.2 Å². The van der Waals surface area contributed by atoms with Gasteiger partial charge in [-0.1, -0.05) is 25.6 Å². The average Bonchev–Trinajstić information content (AvgIpc) is 3.13. The molecule has 2 heterocycles. The Morgan fingerprint density at radius 1 is 1.22 bits per heavy atom. The molecule has 1 amide bonds. The molecule has 1 N–H and O–H groups in total. The predicted octanol–water partition coefficient (Wildman–Crippen LogP) is 3.11. The van der Waals surface area contributed by atoms with Gasteiger partial charge in [0.15, 0.2) is 5.16 Å². The van der Waals surface area contributed by atoms with Crippen LogP contribution in [0.2, 0.25) is 0 Å². The van der Waals surface area contributed by atoms with Crippen molar-refractivity contribution in [2.75, 3.05) is 32.1 Å². The molecule has 1 fully saturated rings. The van der Waals surface area contributed by atoms with E-state index in [0.29, 0.717) is 49.4 Å². The van der Waals surface area contributed by atoms with Crippen LogP contribution in [-0.2, 0) is 26.1 Å². The van der Waals surface area contributed by atoms with E-state index in [1.807, 2.05) is 18.4 Å². The first-order valence-electron chi connectivity index (χ1n) is 11.2. The number of imidazole rings is 1. The Kier molecular flexibility index (Phi) is 8.60. The molecule has 1 aromatic heterocycles. The fourth-order valence-electron chi connectivity index (χ4n) is 3.70. The number of thioether (sulfide) groups is 1. The zero-order chi connectivity index (χ0) is 23.3. The zero-order valence-corrected chi connectivity index (χ0v) is 21.0. The summed E-state index contributed by atoms with van der Waals surface area (Å²) >= 11 is 1.38. The lowest BCUT2D eigenvalue weighted by molar-refractivity contribution is -0.119. The fraction of sp³-hybridized carbons (Fsp3) is 0.636. The van der Waals surface area contributed by atoms with Gasteiger partial charge >= 0.3 is 0 Å². The molecular weight excluding hydrogens is 448 g/mol. The van der Waals surface area contributed by atoms with Crippen LogP contribution in [0.15, 0.2) is 28.3 Å². The lowest BCUT2D eigenvalue weighted by Gasteiger charge is -2.26. The molecule has 0 bridgehead atoms. The molecule has 178 valence electrons. The van der Waals surface area contributed by atoms with Gasteiger partial charge in [-0.2, -0.15) is 4.31 Å². The molecule has 1 saturated heterocycles. The van der Waals surface area contributed by atoms with Crippen molar-refractivity contribution in [2.45, 2.75) is 63.2 Å². The van der Waals surface area contributed by atoms with Crippen LogP contribution >= 0.6 is 11.8 Å². The number of nitrogens with zero attached hydrogens (tertiary/aromatic N) is 3. The molecular formula is C22H34N4O4S2. The number of benzene rings is 1. The maximum Gasteiger partial charge on any atom is 0.243 e. The molecule has 0 aliphatic carbocycles. The van der Waals surface area contributed by atoms with E-state index in [9.17, 15) is 13.2 Å². The van der Waals surface area contributed by atoms with Crippen LogP contribution in [0.1, 0.15) is 40.5 Å². The molecule has 1 aliphatic heterocycles. The Morgan fingerprint density at radius 3 is 2.59 bits per heavy atom. The predicted molar refractivity (Wildman–Crippen MR) is 127 cm³/mol. The molecule has 32 heavy (non-hydrogen) atoms. The number of rotatable bonds is 10. The smallest absolute Gasteiger partial charge is 0.243 e. The van der Waals surface area contributed by atoms with Gasteiger partial charge in [-0.25, -0.2) is 13.4 Å². The quantitative estimate of drug-likeness (QED) is 0.523. The van der Waals surface area contributed by atoms with Crippen molar-refractivity contribution in [1.29, 1.82) is 0 Å². The molecule has 1 atom stereocenters. The van der Waals surface area contributed by atoms with Gasteiger partial charge in [0.2, 0.25) is 15.9 Å². The lowest BCUT2D eigenvalue weighted by atomic mass is 10.0. The van der Waals surface area contributed by atoms with Crippen LogP contribution in [0.4, 0.5) is 0 Å². The summed E-state index contributed by atoms with van der Waals surface area (Å²) in [6, 6.07) is 5.21. The minimum absolute atomic E-state index is 0.0171. The monoisotopic (exact) mass is 482 g/mol. The Balaban J connectivity index is 1.72. The molecule has 0 radical (unpaired) electrons. The van der Waals surface area contributed by atoms with Crippen molar-refractivity contribution >= 4 is 38.7 Å². The van der Waals surface area contributed by atoms with E-state index in [1.165, 1.54) is 16.1 Å². The number of amides is 1. The summed E-state index contributed by atoms with van der Waals surface area (Å²) in [7, 11) is -3.58. The van der Waals surface area contributed by atoms with Crippen LogP contribution in [-0.4, -0.2) is 66.3 Å². The number of morpholine rings is 1. The van der Waals surface area contributed by atoms with Crippen LogP contribution in [0, 0.1) is 5.92 Å². The van der Waals surface area contributed by atoms with E-state index >= 15 is 0 Å². The van der Waals surface area contributed by atoms with E-state index in [1.54, 1.807) is 18.2 Å². The number of carbonyl (C=O) groups excluding carboxylic acids is 1. The summed E-state index contributed by atoms with van der Waals surface area (Å²) in [5.74, 6) is 0.871. The van der Waals surface area contributed by atoms with E-state index in [2.05, 4.69) is 24.1 Å². The van der Waals surface area contributed by atoms with Crippen LogP contribution < -0.4 is 5.32 Å². The summed E-state index contributed by atoms with van der Waals surface area (Å²) < 4.78 is 34.7. The highest BCUT2D eigenvalue weighted by atomic mass is 32.2. The van der Waals surface area contributed by atoms with Gasteiger partial charge in [0.05, 0.1) is 34.9 Å². The molecule has 1 aromatic carbocycles. The van der Waals surface area contributed by atoms with Crippen molar-refractivity contribution < 1.29 is 17.9 Å². The summed E-state index contributed by atoms with van der Waals surface area (Å²) in [5, 5.41) is 3.77. The number of sulfonamides is 1. The van der Waals surface area contributed by atoms with Crippen molar-refractivity contribution in [3.8, 4) is 0 Å². The van der Waals surface area contributed by atoms with Gasteiger partial charge in [-0.05, 0) is 50.8 Å². The molecule has 1 aliphatic rings. The van der Waals surface area contributed by atoms with Crippen molar-refractivity contribution in [3.63, 3.8) is 0 Å². The van der Waals surface area contributed by atoms with E-state index in [4.69, 9.17) is 4.74 Å². The van der Waals surface area contributed by atoms with E-state index in [0.717, 1.165) is 18.4 Å². The maximum atomic E-state index is 13.0. The first kappa shape index (κ1) is 25.0. The third kappa shape index (κ3) is 6.03. The molecule has 1 unspecified atom stereocenters. The largest absolute Gasteiger partial charge is 0.379 e. The van der Waals surface area contributed by atoms with E-state index in [-0.39, 0.29) is 22.6 Å². The molecule has 0 spiro atoms. The second kappa shape index (κ2) is 11.0. The third-order valence-electron chi connectivity index (χ3n) is 5.53. The van der Waals surface area contributed by atoms with Crippen LogP contribution in [0.25, 0.3) is 11.0 Å². The minimum Gasteiger partial charge on any atom is -0.379 e. The normalized spacial score (nSPS) is 16.5. The highest BCUT2D eigenvalue weighted by Gasteiger charge is 2.27. The summed E-state index contributed by atoms with van der Waals surface area (Å²) in [6.07, 6.45) is 2.04. The molecule has 8 nitrogen and oxygen atoms in total. The van der Waals surface area contributed by atoms with Crippen LogP contribution in [0.5, 0.6) is 0 Å². The highest BCUT2D eigenvalue weighted by Crippen LogP contribution is 2.27. The Morgan fingerprint density at radius 2 is 1.94 bits per heavy atom. The first-order chi connectivity index (χ1) is 15.2. The number of fused-ring (bicyclic) bond motifs is 1. The standard InChI is InChI=1S/C22H34N4O4S2/c1-5-26-20-9-8-18(32(28,29)25-10-12-30-13-11-25)14-19(20)24-22(26)31-15-21(27)23-17(4)7-6-16(2)3/h8-9,14,16-17H,5-7,10-13,15H2,1-4H3,(H,23,27). The molecule has 0 saturated carbocycles. The Labute approximate surface area is 195 Å². The highest BCUT2D eigenvalue weighted by molar-refractivity contribution is 7.99. The minimum atomic E-state index is -3.58. The number of aryl methyl sites for hydroxylation is 1. The fourth-order valence-corrected chi connectivity index (χ4v) is 6.02. The van der Waals surface area contributed by atoms with Gasteiger partial charge in [-0.3, -0.25) is 4.79 Å². The van der Waals surface area contributed by atoms with Gasteiger partial charge in [-0.15, -0.1) is 0 Å². The summed E-state index contributed by atoms with van der Waals surface area (Å²) in [4.78, 5) is 17.3. The maximum absolute atomic E-state index is 13.0. The van der Waals surface area contributed by atoms with Gasteiger partial charge in [0, 0.05) is 25.7 Å². The topological polar surface area (TPSA) is 93.5 Å². The zero-order valence-electron chi connectivity index (χ0n) is 19.3. The number of ether oxygens (including phenoxy) is 1. The summed E-state index contributed by atoms with van der Waals surface area (Å²) in [6.45, 7) is 10.6. The van der Waals surface area contributed by atoms with E-state index < -0.39 is 10.0 Å². The summed E-state index contributed by atoms with van der Waals surface area (Å²) in [5.41, 5.74) is 1.48. The van der Waals surface area contributed by atoms with Crippen molar-refractivity contribution in [1.82, 2.24) is 19.2 Å². The number of carbonyl (C=O) groups is 1. The third-order valence-corrected chi connectivity index (χ3v) is 8.40. The van der Waals surface area contributed by atoms with Crippen molar-refractivity contribution in [2.24, 2.45) is 5.92 Å². The molecule has 3 rings (SSSR count). The number of aromatic nitrogens is 2. The number of hydrogen-bond acceptors (Lipinski definition) is 6. The van der Waals surface area contributed by atoms with Gasteiger partial charge in [0.25, 0.3) is 0 Å². The van der Waals surface area contributed by atoms with Gasteiger partial charge in [0.1, 0.15) is 0 Å². The average molecular weight is 483 g/mol. The lowest BCUT2D eigenvalue weighted by Crippen LogP contribution is -2.40. The number of hydrogen-bond donors (Lipinski definition) is 1. The molecule has 10 heteroatoms. The van der Waals surface area contributed by atoms with Crippen LogP contribution in [0.3, 0.4) is 0 Å².